The van der Waals surface area contributed by atoms with Crippen LogP contribution in [-0.2, 0) is 19.1 Å². The summed E-state index contributed by atoms with van der Waals surface area (Å²) in [6.07, 6.45) is -2.95. The van der Waals surface area contributed by atoms with Crippen molar-refractivity contribution < 1.29 is 18.2 Å². The summed E-state index contributed by atoms with van der Waals surface area (Å²) in [6.45, 7) is 0.993. The molecule has 0 unspecified atom stereocenters. The molecule has 0 amide bonds. The molecule has 1 aliphatic rings. The van der Waals surface area contributed by atoms with Crippen LogP contribution in [0.2, 0.25) is 5.02 Å². The Morgan fingerprint density at radius 1 is 1.43 bits per heavy atom. The molecule has 4 nitrogen and oxygen atoms in total. The van der Waals surface area contributed by atoms with Crippen LogP contribution in [0.3, 0.4) is 0 Å². The van der Waals surface area contributed by atoms with Crippen LogP contribution in [0.1, 0.15) is 21.6 Å². The van der Waals surface area contributed by atoms with E-state index in [-0.39, 0.29) is 5.02 Å². The lowest BCUT2D eigenvalue weighted by molar-refractivity contribution is -0.367. The number of rotatable bonds is 1. The second-order valence-electron chi connectivity index (χ2n) is 5.11. The molecule has 0 saturated heterocycles. The molecule has 9 heteroatoms. The number of nitrogen functional groups attached to an aromatic ring is 1. The van der Waals surface area contributed by atoms with E-state index >= 15 is 0 Å². The molecule has 0 spiro atoms. The lowest BCUT2D eigenvalue weighted by Gasteiger charge is -2.22. The van der Waals surface area contributed by atoms with Crippen LogP contribution < -0.4 is 15.6 Å². The van der Waals surface area contributed by atoms with Gasteiger partial charge in [-0.25, -0.2) is 4.98 Å². The number of aromatic nitrogens is 1. The zero-order chi connectivity index (χ0) is 16.8. The largest absolute Gasteiger partial charge is 0.419 e. The Kier molecular flexibility index (Phi) is 3.86. The zero-order valence-electron chi connectivity index (χ0n) is 11.7. The van der Waals surface area contributed by atoms with E-state index in [1.807, 2.05) is 4.90 Å². The van der Waals surface area contributed by atoms with E-state index in [4.69, 9.17) is 22.6 Å². The number of nitrogens with zero attached hydrogens (tertiary/aromatic N) is 2. The normalized spacial score (nSPS) is 14.5. The molecule has 3 N–H and O–H groups in total. The van der Waals surface area contributed by atoms with Gasteiger partial charge in [0.05, 0.1) is 22.5 Å². The smallest absolute Gasteiger partial charge is 0.389 e. The molecule has 0 bridgehead atoms. The Morgan fingerprint density at radius 3 is 2.78 bits per heavy atom. The number of halogens is 4. The average molecular weight is 360 g/mol. The summed E-state index contributed by atoms with van der Waals surface area (Å²) in [5.74, 6) is 0.427. The summed E-state index contributed by atoms with van der Waals surface area (Å²) < 4.78 is 38.1. The molecule has 0 aromatic carbocycles. The van der Waals surface area contributed by atoms with Gasteiger partial charge in [0.15, 0.2) is 0 Å². The van der Waals surface area contributed by atoms with Gasteiger partial charge >= 0.3 is 6.18 Å². The Hall–Kier alpha value is -1.98. The van der Waals surface area contributed by atoms with Gasteiger partial charge in [-0.2, -0.15) is 18.4 Å². The molecule has 3 heterocycles. The molecule has 23 heavy (non-hydrogen) atoms. The van der Waals surface area contributed by atoms with Gasteiger partial charge in [-0.3, -0.25) is 4.90 Å². The van der Waals surface area contributed by atoms with Crippen molar-refractivity contribution in [3.05, 3.63) is 38.9 Å². The SMILES string of the molecule is N#Cc1c(N)sc2c1CCN(c1[nH+]cc(C(F)(F)F)cc1Cl)C2. The van der Waals surface area contributed by atoms with Gasteiger partial charge in [0.2, 0.25) is 0 Å². The number of nitriles is 1. The van der Waals surface area contributed by atoms with Gasteiger partial charge in [0, 0.05) is 6.42 Å². The summed E-state index contributed by atoms with van der Waals surface area (Å²) in [4.78, 5) is 5.42. The standard InChI is InChI=1S/C14H10ClF3N4S/c15-10-3-7(14(16,17)18)5-21-13(10)22-2-1-8-9(4-19)12(20)23-11(8)6-22/h3,5H,1-2,6,20H2/p+1. The fraction of sp³-hybridized carbons (Fsp3) is 0.286. The lowest BCUT2D eigenvalue weighted by Crippen LogP contribution is -2.34. The van der Waals surface area contributed by atoms with E-state index < -0.39 is 11.7 Å². The van der Waals surface area contributed by atoms with Gasteiger partial charge in [-0.15, -0.1) is 11.3 Å². The van der Waals surface area contributed by atoms with E-state index in [0.29, 0.717) is 35.9 Å². The fourth-order valence-electron chi connectivity index (χ4n) is 2.61. The third kappa shape index (κ3) is 2.82. The van der Waals surface area contributed by atoms with Crippen LogP contribution >= 0.6 is 22.9 Å². The number of thiophene rings is 1. The van der Waals surface area contributed by atoms with Crippen LogP contribution in [0.4, 0.5) is 24.0 Å². The maximum absolute atomic E-state index is 12.7. The third-order valence-electron chi connectivity index (χ3n) is 3.71. The molecule has 3 rings (SSSR count). The van der Waals surface area contributed by atoms with Crippen molar-refractivity contribution in [2.24, 2.45) is 0 Å². The topological polar surface area (TPSA) is 67.2 Å². The van der Waals surface area contributed by atoms with Crippen molar-refractivity contribution in [3.63, 3.8) is 0 Å². The van der Waals surface area contributed by atoms with E-state index in [9.17, 15) is 13.2 Å². The number of nitrogens with one attached hydrogen (secondary N) is 1. The number of alkyl halides is 3. The summed E-state index contributed by atoms with van der Waals surface area (Å²) in [6, 6.07) is 3.01. The number of nitrogens with two attached hydrogens (primary N) is 1. The Bertz CT molecular complexity index is 810. The van der Waals surface area contributed by atoms with Gasteiger partial charge in [0.1, 0.15) is 28.8 Å². The van der Waals surface area contributed by atoms with Gasteiger partial charge < -0.3 is 5.73 Å². The van der Waals surface area contributed by atoms with E-state index in [1.54, 1.807) is 0 Å². The Balaban J connectivity index is 1.91. The van der Waals surface area contributed by atoms with Crippen molar-refractivity contribution in [3.8, 4) is 6.07 Å². The zero-order valence-corrected chi connectivity index (χ0v) is 13.2. The first-order chi connectivity index (χ1) is 10.8. The number of anilines is 2. The summed E-state index contributed by atoms with van der Waals surface area (Å²) in [5.41, 5.74) is 6.44. The van der Waals surface area contributed by atoms with Gasteiger partial charge in [-0.05, 0) is 11.6 Å². The van der Waals surface area contributed by atoms with Crippen molar-refractivity contribution in [2.75, 3.05) is 17.2 Å². The minimum atomic E-state index is -4.45. The molecule has 0 fully saturated rings. The first kappa shape index (κ1) is 15.9. The highest BCUT2D eigenvalue weighted by atomic mass is 35.5. The summed E-state index contributed by atoms with van der Waals surface area (Å²) in [7, 11) is 0. The van der Waals surface area contributed by atoms with Crippen LogP contribution in [0, 0.1) is 11.3 Å². The predicted molar refractivity (Wildman–Crippen MR) is 81.2 cm³/mol. The Morgan fingerprint density at radius 2 is 2.17 bits per heavy atom. The molecule has 1 aliphatic heterocycles. The average Bonchev–Trinajstić information content (AvgIpc) is 2.80. The maximum Gasteiger partial charge on any atom is 0.419 e. The quantitative estimate of drug-likeness (QED) is 0.849. The predicted octanol–water partition coefficient (Wildman–Crippen LogP) is 3.25. The van der Waals surface area contributed by atoms with Crippen molar-refractivity contribution in [1.29, 1.82) is 5.26 Å². The third-order valence-corrected chi connectivity index (χ3v) is 5.05. The summed E-state index contributed by atoms with van der Waals surface area (Å²) in [5, 5.41) is 9.61. The van der Waals surface area contributed by atoms with Crippen LogP contribution in [0.5, 0.6) is 0 Å². The minimum Gasteiger partial charge on any atom is -0.389 e. The number of hydrogen-bond donors (Lipinski definition) is 1. The van der Waals surface area contributed by atoms with Gasteiger partial charge in [-0.1, -0.05) is 11.6 Å². The molecule has 120 valence electrons. The molecular weight excluding hydrogens is 349 g/mol. The molecule has 2 aromatic heterocycles. The van der Waals surface area contributed by atoms with E-state index in [0.717, 1.165) is 22.7 Å². The highest BCUT2D eigenvalue weighted by molar-refractivity contribution is 7.16. The fourth-order valence-corrected chi connectivity index (χ4v) is 3.98. The van der Waals surface area contributed by atoms with E-state index in [1.165, 1.54) is 11.3 Å². The first-order valence-corrected chi connectivity index (χ1v) is 7.84. The molecular formula is C14H11ClF3N4S+. The van der Waals surface area contributed by atoms with Crippen molar-refractivity contribution >= 4 is 33.8 Å². The second-order valence-corrected chi connectivity index (χ2v) is 6.65. The van der Waals surface area contributed by atoms with Gasteiger partial charge in [0.25, 0.3) is 5.82 Å². The first-order valence-electron chi connectivity index (χ1n) is 6.64. The minimum absolute atomic E-state index is 0.00769. The maximum atomic E-state index is 12.7. The number of aromatic amines is 1. The molecule has 0 atom stereocenters. The Labute approximate surface area is 138 Å². The molecule has 0 radical (unpaired) electrons. The molecule has 2 aromatic rings. The number of H-pyrrole nitrogens is 1. The van der Waals surface area contributed by atoms with Crippen LogP contribution in [-0.4, -0.2) is 6.54 Å². The monoisotopic (exact) mass is 359 g/mol. The number of pyridine rings is 1. The van der Waals surface area contributed by atoms with Crippen LogP contribution in [0.25, 0.3) is 0 Å². The lowest BCUT2D eigenvalue weighted by atomic mass is 10.0. The highest BCUT2D eigenvalue weighted by Gasteiger charge is 2.35. The number of fused-ring (bicyclic) bond motifs is 1. The molecule has 0 aliphatic carbocycles. The van der Waals surface area contributed by atoms with Crippen molar-refractivity contribution in [1.82, 2.24) is 0 Å². The van der Waals surface area contributed by atoms with Crippen molar-refractivity contribution in [2.45, 2.75) is 19.1 Å². The van der Waals surface area contributed by atoms with Crippen LogP contribution in [0.15, 0.2) is 12.3 Å². The number of hydrogen-bond acceptors (Lipinski definition) is 4. The second kappa shape index (κ2) is 5.58. The summed E-state index contributed by atoms with van der Waals surface area (Å²) >= 11 is 7.34. The molecule has 0 saturated carbocycles. The highest BCUT2D eigenvalue weighted by Crippen LogP contribution is 2.37. The van der Waals surface area contributed by atoms with E-state index in [2.05, 4.69) is 11.1 Å².